The molecule has 0 aliphatic carbocycles. The van der Waals surface area contributed by atoms with Gasteiger partial charge in [0.25, 0.3) is 0 Å². The maximum Gasteiger partial charge on any atom is 0.233 e. The third kappa shape index (κ3) is 2.41. The number of aromatic nitrogens is 2. The molecule has 1 aromatic rings. The van der Waals surface area contributed by atoms with Gasteiger partial charge >= 0.3 is 0 Å². The van der Waals surface area contributed by atoms with Crippen LogP contribution in [-0.2, 0) is 11.8 Å². The van der Waals surface area contributed by atoms with Gasteiger partial charge in [0, 0.05) is 19.7 Å². The van der Waals surface area contributed by atoms with Crippen LogP contribution in [0.5, 0.6) is 0 Å². The molecule has 100 valence electrons. The van der Waals surface area contributed by atoms with Crippen molar-refractivity contribution in [3.63, 3.8) is 0 Å². The van der Waals surface area contributed by atoms with E-state index in [-0.39, 0.29) is 11.3 Å². The first-order valence-corrected chi connectivity index (χ1v) is 6.60. The first kappa shape index (κ1) is 13.1. The number of carbonyl (C=O) groups is 1. The Bertz CT molecular complexity index is 432. The third-order valence-corrected chi connectivity index (χ3v) is 3.70. The van der Waals surface area contributed by atoms with Gasteiger partial charge in [0.1, 0.15) is 5.82 Å². The second-order valence-electron chi connectivity index (χ2n) is 5.21. The molecule has 5 heteroatoms. The quantitative estimate of drug-likeness (QED) is 0.850. The van der Waals surface area contributed by atoms with Crippen LogP contribution in [0.25, 0.3) is 0 Å². The van der Waals surface area contributed by atoms with E-state index in [0.717, 1.165) is 43.9 Å². The molecule has 2 heterocycles. The first-order valence-electron chi connectivity index (χ1n) is 6.60. The van der Waals surface area contributed by atoms with Gasteiger partial charge in [0.05, 0.1) is 11.1 Å². The molecule has 1 unspecified atom stereocenters. The predicted octanol–water partition coefficient (Wildman–Crippen LogP) is 1.45. The Morgan fingerprint density at radius 2 is 2.44 bits per heavy atom. The summed E-state index contributed by atoms with van der Waals surface area (Å²) >= 11 is 0. The normalized spacial score (nSPS) is 23.3. The molecule has 0 aromatic carbocycles. The van der Waals surface area contributed by atoms with Crippen LogP contribution in [-0.4, -0.2) is 28.8 Å². The van der Waals surface area contributed by atoms with Crippen LogP contribution < -0.4 is 10.6 Å². The van der Waals surface area contributed by atoms with E-state index in [0.29, 0.717) is 0 Å². The van der Waals surface area contributed by atoms with Gasteiger partial charge < -0.3 is 10.6 Å². The van der Waals surface area contributed by atoms with Gasteiger partial charge in [-0.05, 0) is 26.3 Å². The number of anilines is 1. The largest absolute Gasteiger partial charge is 0.316 e. The molecule has 0 bridgehead atoms. The first-order chi connectivity index (χ1) is 8.57. The highest BCUT2D eigenvalue weighted by Crippen LogP contribution is 2.32. The molecule has 1 saturated heterocycles. The lowest BCUT2D eigenvalue weighted by molar-refractivity contribution is -0.125. The van der Waals surface area contributed by atoms with E-state index in [4.69, 9.17) is 0 Å². The zero-order valence-electron chi connectivity index (χ0n) is 11.4. The summed E-state index contributed by atoms with van der Waals surface area (Å²) in [4.78, 5) is 12.5. The van der Waals surface area contributed by atoms with Crippen molar-refractivity contribution in [2.45, 2.75) is 33.1 Å². The lowest BCUT2D eigenvalue weighted by atomic mass is 9.81. The molecular weight excluding hydrogens is 228 g/mol. The third-order valence-electron chi connectivity index (χ3n) is 3.70. The van der Waals surface area contributed by atoms with Gasteiger partial charge in [-0.2, -0.15) is 5.10 Å². The van der Waals surface area contributed by atoms with Crippen LogP contribution in [0.15, 0.2) is 6.07 Å². The van der Waals surface area contributed by atoms with E-state index >= 15 is 0 Å². The summed E-state index contributed by atoms with van der Waals surface area (Å²) < 4.78 is 1.72. The molecule has 18 heavy (non-hydrogen) atoms. The molecule has 1 aliphatic heterocycles. The lowest BCUT2D eigenvalue weighted by Gasteiger charge is -2.26. The Kier molecular flexibility index (Phi) is 3.71. The molecule has 1 fully saturated rings. The number of carbonyl (C=O) groups excluding carboxylic acids is 1. The fraction of sp³-hybridized carbons (Fsp3) is 0.692. The summed E-state index contributed by atoms with van der Waals surface area (Å²) in [6.07, 6.45) is 2.88. The summed E-state index contributed by atoms with van der Waals surface area (Å²) in [6.45, 7) is 5.76. The van der Waals surface area contributed by atoms with Crippen molar-refractivity contribution >= 4 is 11.7 Å². The highest BCUT2D eigenvalue weighted by atomic mass is 16.2. The SMILES string of the molecule is CCCC1(C(=O)Nc2cc(C)nn2C)CCNC1. The second-order valence-corrected chi connectivity index (χ2v) is 5.21. The summed E-state index contributed by atoms with van der Waals surface area (Å²) in [5, 5.41) is 10.6. The summed E-state index contributed by atoms with van der Waals surface area (Å²) in [7, 11) is 1.85. The van der Waals surface area contributed by atoms with E-state index in [1.54, 1.807) is 4.68 Å². The molecule has 2 N–H and O–H groups in total. The minimum Gasteiger partial charge on any atom is -0.316 e. The lowest BCUT2D eigenvalue weighted by Crippen LogP contribution is -2.38. The van der Waals surface area contributed by atoms with Crippen LogP contribution in [0, 0.1) is 12.3 Å². The Labute approximate surface area is 108 Å². The van der Waals surface area contributed by atoms with Crippen molar-refractivity contribution in [2.24, 2.45) is 12.5 Å². The minimum atomic E-state index is -0.243. The molecule has 0 radical (unpaired) electrons. The van der Waals surface area contributed by atoms with E-state index in [1.807, 2.05) is 20.0 Å². The van der Waals surface area contributed by atoms with Crippen LogP contribution in [0.2, 0.25) is 0 Å². The van der Waals surface area contributed by atoms with E-state index in [9.17, 15) is 4.79 Å². The monoisotopic (exact) mass is 250 g/mol. The van der Waals surface area contributed by atoms with Crippen molar-refractivity contribution in [3.05, 3.63) is 11.8 Å². The highest BCUT2D eigenvalue weighted by molar-refractivity contribution is 5.95. The maximum absolute atomic E-state index is 12.5. The summed E-state index contributed by atoms with van der Waals surface area (Å²) in [5.74, 6) is 0.900. The zero-order chi connectivity index (χ0) is 13.2. The number of aryl methyl sites for hydroxylation is 2. The fourth-order valence-corrected chi connectivity index (χ4v) is 2.72. The summed E-state index contributed by atoms with van der Waals surface area (Å²) in [5.41, 5.74) is 0.675. The minimum absolute atomic E-state index is 0.123. The van der Waals surface area contributed by atoms with Gasteiger partial charge in [-0.25, -0.2) is 0 Å². The van der Waals surface area contributed by atoms with Crippen molar-refractivity contribution in [3.8, 4) is 0 Å². The number of rotatable bonds is 4. The van der Waals surface area contributed by atoms with Gasteiger partial charge in [-0.1, -0.05) is 13.3 Å². The standard InChI is InChI=1S/C13H22N4O/c1-4-5-13(6-7-14-9-13)12(18)15-11-8-10(2)16-17(11)3/h8,14H,4-7,9H2,1-3H3,(H,15,18). The van der Waals surface area contributed by atoms with Crippen molar-refractivity contribution in [2.75, 3.05) is 18.4 Å². The number of nitrogens with zero attached hydrogens (tertiary/aromatic N) is 2. The van der Waals surface area contributed by atoms with E-state index < -0.39 is 0 Å². The average molecular weight is 250 g/mol. The average Bonchev–Trinajstić information content (AvgIpc) is 2.88. The molecule has 2 rings (SSSR count). The number of hydrogen-bond acceptors (Lipinski definition) is 3. The Morgan fingerprint density at radius 3 is 2.94 bits per heavy atom. The smallest absolute Gasteiger partial charge is 0.233 e. The van der Waals surface area contributed by atoms with E-state index in [1.165, 1.54) is 0 Å². The Morgan fingerprint density at radius 1 is 1.67 bits per heavy atom. The molecule has 0 spiro atoms. The van der Waals surface area contributed by atoms with Crippen molar-refractivity contribution in [1.82, 2.24) is 15.1 Å². The van der Waals surface area contributed by atoms with Gasteiger partial charge in [-0.3, -0.25) is 9.48 Å². The maximum atomic E-state index is 12.5. The topological polar surface area (TPSA) is 59.0 Å². The van der Waals surface area contributed by atoms with Gasteiger partial charge in [0.15, 0.2) is 0 Å². The van der Waals surface area contributed by atoms with Crippen LogP contribution in [0.4, 0.5) is 5.82 Å². The number of nitrogens with one attached hydrogen (secondary N) is 2. The van der Waals surface area contributed by atoms with Crippen LogP contribution >= 0.6 is 0 Å². The van der Waals surface area contributed by atoms with Crippen LogP contribution in [0.3, 0.4) is 0 Å². The predicted molar refractivity (Wildman–Crippen MR) is 71.4 cm³/mol. The summed E-state index contributed by atoms with van der Waals surface area (Å²) in [6, 6.07) is 1.90. The zero-order valence-corrected chi connectivity index (χ0v) is 11.4. The van der Waals surface area contributed by atoms with Crippen molar-refractivity contribution in [1.29, 1.82) is 0 Å². The molecule has 1 amide bonds. The van der Waals surface area contributed by atoms with Crippen LogP contribution in [0.1, 0.15) is 31.9 Å². The molecule has 1 aliphatic rings. The second kappa shape index (κ2) is 5.10. The number of hydrogen-bond donors (Lipinski definition) is 2. The van der Waals surface area contributed by atoms with Gasteiger partial charge in [0.2, 0.25) is 5.91 Å². The van der Waals surface area contributed by atoms with E-state index in [2.05, 4.69) is 22.7 Å². The number of amides is 1. The Hall–Kier alpha value is -1.36. The van der Waals surface area contributed by atoms with Gasteiger partial charge in [-0.15, -0.1) is 0 Å². The molecular formula is C13H22N4O. The highest BCUT2D eigenvalue weighted by Gasteiger charge is 2.40. The fourth-order valence-electron chi connectivity index (χ4n) is 2.72. The molecule has 1 atom stereocenters. The molecule has 5 nitrogen and oxygen atoms in total. The molecule has 1 aromatic heterocycles. The Balaban J connectivity index is 2.12. The van der Waals surface area contributed by atoms with Crippen molar-refractivity contribution < 1.29 is 4.79 Å². The molecule has 0 saturated carbocycles.